The van der Waals surface area contributed by atoms with Crippen LogP contribution >= 0.6 is 15.9 Å². The zero-order valence-electron chi connectivity index (χ0n) is 12.8. The summed E-state index contributed by atoms with van der Waals surface area (Å²) in [5.41, 5.74) is 0.449. The molecule has 0 radical (unpaired) electrons. The first-order chi connectivity index (χ1) is 10.2. The van der Waals surface area contributed by atoms with Gasteiger partial charge in [0.2, 0.25) is 0 Å². The normalized spacial score (nSPS) is 17.1. The van der Waals surface area contributed by atoms with E-state index in [2.05, 4.69) is 15.9 Å². The third-order valence-corrected chi connectivity index (χ3v) is 3.88. The predicted octanol–water partition coefficient (Wildman–Crippen LogP) is 3.21. The van der Waals surface area contributed by atoms with E-state index >= 15 is 0 Å². The molecule has 0 bridgehead atoms. The van der Waals surface area contributed by atoms with E-state index in [-0.39, 0.29) is 6.42 Å². The molecule has 1 amide bonds. The Balaban J connectivity index is 2.52. The zero-order valence-corrected chi connectivity index (χ0v) is 14.4. The van der Waals surface area contributed by atoms with Crippen molar-refractivity contribution in [3.8, 4) is 5.75 Å². The zero-order chi connectivity index (χ0) is 16.7. The smallest absolute Gasteiger partial charge is 0.415 e. The van der Waals surface area contributed by atoms with Crippen LogP contribution in [0.15, 0.2) is 16.6 Å². The Bertz CT molecular complexity index is 623. The molecule has 2 rings (SSSR count). The summed E-state index contributed by atoms with van der Waals surface area (Å²) < 4.78 is 11.2. The van der Waals surface area contributed by atoms with Crippen molar-refractivity contribution in [3.05, 3.63) is 22.2 Å². The lowest BCUT2D eigenvalue weighted by Gasteiger charge is -2.27. The number of ether oxygens (including phenoxy) is 2. The molecule has 1 aromatic rings. The molecule has 1 unspecified atom stereocenters. The van der Waals surface area contributed by atoms with Crippen molar-refractivity contribution < 1.29 is 24.2 Å². The molecule has 1 aliphatic heterocycles. The van der Waals surface area contributed by atoms with E-state index in [9.17, 15) is 14.7 Å². The van der Waals surface area contributed by atoms with Crippen molar-refractivity contribution in [2.24, 2.45) is 0 Å². The molecule has 22 heavy (non-hydrogen) atoms. The predicted molar refractivity (Wildman–Crippen MR) is 84.5 cm³/mol. The molecule has 0 spiro atoms. The van der Waals surface area contributed by atoms with E-state index in [1.165, 1.54) is 12.0 Å². The first-order valence-electron chi connectivity index (χ1n) is 6.76. The van der Waals surface area contributed by atoms with Crippen LogP contribution in [0.5, 0.6) is 5.75 Å². The molecule has 0 fully saturated rings. The maximum atomic E-state index is 12.5. The number of halogens is 1. The van der Waals surface area contributed by atoms with Gasteiger partial charge >= 0.3 is 12.1 Å². The largest absolute Gasteiger partial charge is 0.496 e. The van der Waals surface area contributed by atoms with Gasteiger partial charge in [0.1, 0.15) is 17.4 Å². The number of fused-ring (bicyclic) bond motifs is 1. The second-order valence-electron chi connectivity index (χ2n) is 5.99. The number of hydrogen-bond donors (Lipinski definition) is 1. The summed E-state index contributed by atoms with van der Waals surface area (Å²) in [5, 5.41) is 9.45. The Morgan fingerprint density at radius 3 is 2.50 bits per heavy atom. The molecule has 1 aliphatic rings. The number of aliphatic carboxylic acids is 1. The maximum Gasteiger partial charge on any atom is 0.415 e. The fourth-order valence-corrected chi connectivity index (χ4v) is 2.97. The first kappa shape index (κ1) is 16.6. The number of carboxylic acids is 1. The van der Waals surface area contributed by atoms with Crippen LogP contribution in [-0.2, 0) is 16.0 Å². The van der Waals surface area contributed by atoms with Gasteiger partial charge in [-0.3, -0.25) is 4.90 Å². The molecule has 120 valence electrons. The average Bonchev–Trinajstić information content (AvgIpc) is 2.78. The monoisotopic (exact) mass is 371 g/mol. The summed E-state index contributed by atoms with van der Waals surface area (Å²) in [7, 11) is 1.51. The average molecular weight is 372 g/mol. The third kappa shape index (κ3) is 3.04. The summed E-state index contributed by atoms with van der Waals surface area (Å²) in [6, 6.07) is 2.44. The number of benzene rings is 1. The molecule has 0 aliphatic carbocycles. The fourth-order valence-electron chi connectivity index (χ4n) is 2.41. The highest BCUT2D eigenvalue weighted by molar-refractivity contribution is 9.10. The van der Waals surface area contributed by atoms with E-state index in [4.69, 9.17) is 9.47 Å². The number of hydrogen-bond acceptors (Lipinski definition) is 4. The number of anilines is 1. The van der Waals surface area contributed by atoms with Crippen molar-refractivity contribution in [3.63, 3.8) is 0 Å². The van der Waals surface area contributed by atoms with Gasteiger partial charge in [0, 0.05) is 16.5 Å². The van der Waals surface area contributed by atoms with Crippen LogP contribution in [0.2, 0.25) is 0 Å². The van der Waals surface area contributed by atoms with Crippen LogP contribution in [-0.4, -0.2) is 35.9 Å². The molecule has 6 nitrogen and oxygen atoms in total. The van der Waals surface area contributed by atoms with Crippen molar-refractivity contribution in [2.75, 3.05) is 12.0 Å². The molecular formula is C15H18BrNO5. The molecule has 1 aromatic carbocycles. The minimum absolute atomic E-state index is 0.173. The van der Waals surface area contributed by atoms with Gasteiger partial charge in [-0.05, 0) is 48.8 Å². The van der Waals surface area contributed by atoms with Gasteiger partial charge in [0.25, 0.3) is 0 Å². The van der Waals surface area contributed by atoms with E-state index in [1.54, 1.807) is 32.9 Å². The van der Waals surface area contributed by atoms with Gasteiger partial charge in [0.15, 0.2) is 0 Å². The number of rotatable bonds is 2. The summed E-state index contributed by atoms with van der Waals surface area (Å²) >= 11 is 3.38. The van der Waals surface area contributed by atoms with E-state index in [1.807, 2.05) is 0 Å². The van der Waals surface area contributed by atoms with Gasteiger partial charge < -0.3 is 14.6 Å². The van der Waals surface area contributed by atoms with Crippen LogP contribution in [0, 0.1) is 0 Å². The number of amides is 1. The minimum atomic E-state index is -1.09. The summed E-state index contributed by atoms with van der Waals surface area (Å²) in [5.74, 6) is -0.536. The molecule has 0 saturated heterocycles. The Kier molecular flexibility index (Phi) is 4.37. The van der Waals surface area contributed by atoms with Crippen LogP contribution < -0.4 is 9.64 Å². The number of carbonyl (C=O) groups is 2. The highest BCUT2D eigenvalue weighted by atomic mass is 79.9. The van der Waals surface area contributed by atoms with Crippen LogP contribution in [0.1, 0.15) is 26.3 Å². The first-order valence-corrected chi connectivity index (χ1v) is 7.55. The van der Waals surface area contributed by atoms with Crippen molar-refractivity contribution in [1.29, 1.82) is 0 Å². The van der Waals surface area contributed by atoms with Gasteiger partial charge in [0.05, 0.1) is 12.8 Å². The van der Waals surface area contributed by atoms with Crippen LogP contribution in [0.25, 0.3) is 0 Å². The maximum absolute atomic E-state index is 12.5. The molecule has 1 heterocycles. The second kappa shape index (κ2) is 5.79. The molecule has 7 heteroatoms. The van der Waals surface area contributed by atoms with Crippen LogP contribution in [0.3, 0.4) is 0 Å². The Morgan fingerprint density at radius 2 is 2.00 bits per heavy atom. The molecular weight excluding hydrogens is 354 g/mol. The minimum Gasteiger partial charge on any atom is -0.496 e. The highest BCUT2D eigenvalue weighted by Crippen LogP contribution is 2.44. The van der Waals surface area contributed by atoms with E-state index in [0.717, 1.165) is 0 Å². The van der Waals surface area contributed by atoms with Crippen molar-refractivity contribution in [1.82, 2.24) is 0 Å². The topological polar surface area (TPSA) is 76.1 Å². The quantitative estimate of drug-likeness (QED) is 0.863. The second-order valence-corrected chi connectivity index (χ2v) is 6.84. The lowest BCUT2D eigenvalue weighted by molar-refractivity contribution is -0.138. The number of nitrogens with zero attached hydrogens (tertiary/aromatic N) is 1. The van der Waals surface area contributed by atoms with Crippen LogP contribution in [0.4, 0.5) is 10.5 Å². The van der Waals surface area contributed by atoms with Crippen molar-refractivity contribution in [2.45, 2.75) is 38.8 Å². The van der Waals surface area contributed by atoms with Gasteiger partial charge in [-0.2, -0.15) is 0 Å². The Labute approximate surface area is 137 Å². The molecule has 0 aromatic heterocycles. The fraction of sp³-hybridized carbons (Fsp3) is 0.467. The highest BCUT2D eigenvalue weighted by Gasteiger charge is 2.43. The lowest BCUT2D eigenvalue weighted by Crippen LogP contribution is -2.45. The van der Waals surface area contributed by atoms with E-state index in [0.29, 0.717) is 21.5 Å². The van der Waals surface area contributed by atoms with Gasteiger partial charge in [-0.1, -0.05) is 0 Å². The standard InChI is InChI=1S/C15H18BrNO5/c1-15(2,3)22-14(20)17-10(13(18)19)7-8-11(21-4)6-5-9(16)12(8)17/h5-6,10H,7H2,1-4H3,(H,18,19). The molecule has 0 saturated carbocycles. The summed E-state index contributed by atoms with van der Waals surface area (Å²) in [6.45, 7) is 5.20. The third-order valence-electron chi connectivity index (χ3n) is 3.24. The Hall–Kier alpha value is -1.76. The number of carbonyl (C=O) groups excluding carboxylic acids is 1. The SMILES string of the molecule is COc1ccc(Br)c2c1CC(C(=O)O)N2C(=O)OC(C)(C)C. The molecule has 1 N–H and O–H groups in total. The van der Waals surface area contributed by atoms with Gasteiger partial charge in [-0.15, -0.1) is 0 Å². The van der Waals surface area contributed by atoms with Crippen molar-refractivity contribution >= 4 is 33.7 Å². The Morgan fingerprint density at radius 1 is 1.36 bits per heavy atom. The lowest BCUT2D eigenvalue weighted by atomic mass is 10.1. The number of methoxy groups -OCH3 is 1. The molecule has 1 atom stereocenters. The van der Waals surface area contributed by atoms with E-state index < -0.39 is 23.7 Å². The summed E-state index contributed by atoms with van der Waals surface area (Å²) in [6.07, 6.45) is -0.514. The number of carboxylic acid groups (broad SMARTS) is 1. The van der Waals surface area contributed by atoms with Gasteiger partial charge in [-0.25, -0.2) is 9.59 Å². The summed E-state index contributed by atoms with van der Waals surface area (Å²) in [4.78, 5) is 25.2.